The molecule has 1 heterocycles. The summed E-state index contributed by atoms with van der Waals surface area (Å²) in [6, 6.07) is 8.65. The molecule has 6 nitrogen and oxygen atoms in total. The zero-order valence-corrected chi connectivity index (χ0v) is 11.3. The third kappa shape index (κ3) is 4.08. The Morgan fingerprint density at radius 1 is 1.37 bits per heavy atom. The van der Waals surface area contributed by atoms with Crippen LogP contribution in [0, 0.1) is 6.92 Å². The number of nitrogen functional groups attached to an aromatic ring is 1. The smallest absolute Gasteiger partial charge is 0.217 e. The number of anilines is 1. The molecule has 1 aromatic carbocycles. The molecular weight excluding hydrogens is 266 g/mol. The Bertz CT molecular complexity index is 664. The molecule has 0 aliphatic rings. The minimum atomic E-state index is -3.45. The Morgan fingerprint density at radius 3 is 2.79 bits per heavy atom. The average molecular weight is 281 g/mol. The third-order valence-electron chi connectivity index (χ3n) is 2.46. The number of aromatic nitrogens is 1. The summed E-state index contributed by atoms with van der Waals surface area (Å²) in [5, 5.41) is 3.66. The van der Waals surface area contributed by atoms with Gasteiger partial charge in [0.15, 0.2) is 0 Å². The van der Waals surface area contributed by atoms with Crippen LogP contribution in [0.2, 0.25) is 0 Å². The van der Waals surface area contributed by atoms with Gasteiger partial charge in [0.05, 0.1) is 0 Å². The Kier molecular flexibility index (Phi) is 3.87. The summed E-state index contributed by atoms with van der Waals surface area (Å²) in [6.07, 6.45) is 0. The SMILES string of the molecule is Cc1cc(CS(=O)(=O)NCc2cccc(N)c2)no1. The van der Waals surface area contributed by atoms with E-state index in [0.29, 0.717) is 17.1 Å². The van der Waals surface area contributed by atoms with Crippen LogP contribution in [0.4, 0.5) is 5.69 Å². The van der Waals surface area contributed by atoms with Gasteiger partial charge in [0.1, 0.15) is 17.2 Å². The fourth-order valence-electron chi connectivity index (χ4n) is 1.63. The van der Waals surface area contributed by atoms with E-state index in [1.54, 1.807) is 37.3 Å². The topological polar surface area (TPSA) is 98.2 Å². The fourth-order valence-corrected chi connectivity index (χ4v) is 2.64. The van der Waals surface area contributed by atoms with E-state index in [-0.39, 0.29) is 12.3 Å². The van der Waals surface area contributed by atoms with Crippen molar-refractivity contribution in [1.29, 1.82) is 0 Å². The van der Waals surface area contributed by atoms with E-state index < -0.39 is 10.0 Å². The molecular formula is C12H15N3O3S. The summed E-state index contributed by atoms with van der Waals surface area (Å²) >= 11 is 0. The highest BCUT2D eigenvalue weighted by atomic mass is 32.2. The lowest BCUT2D eigenvalue weighted by Crippen LogP contribution is -2.24. The normalized spacial score (nSPS) is 11.6. The molecule has 0 unspecified atom stereocenters. The van der Waals surface area contributed by atoms with Gasteiger partial charge in [-0.3, -0.25) is 0 Å². The van der Waals surface area contributed by atoms with Crippen molar-refractivity contribution in [2.24, 2.45) is 0 Å². The molecule has 0 aliphatic heterocycles. The summed E-state index contributed by atoms with van der Waals surface area (Å²) in [5.41, 5.74) is 7.42. The van der Waals surface area contributed by atoms with E-state index in [1.165, 1.54) is 0 Å². The lowest BCUT2D eigenvalue weighted by atomic mass is 10.2. The summed E-state index contributed by atoms with van der Waals surface area (Å²) < 4.78 is 31.0. The second kappa shape index (κ2) is 5.41. The van der Waals surface area contributed by atoms with Gasteiger partial charge in [-0.05, 0) is 24.6 Å². The van der Waals surface area contributed by atoms with E-state index in [2.05, 4.69) is 9.88 Å². The van der Waals surface area contributed by atoms with Gasteiger partial charge in [-0.2, -0.15) is 0 Å². The van der Waals surface area contributed by atoms with Gasteiger partial charge < -0.3 is 10.3 Å². The van der Waals surface area contributed by atoms with Crippen LogP contribution in [0.25, 0.3) is 0 Å². The molecule has 0 atom stereocenters. The average Bonchev–Trinajstić information content (AvgIpc) is 2.72. The maximum absolute atomic E-state index is 11.8. The number of hydrogen-bond donors (Lipinski definition) is 2. The first-order valence-electron chi connectivity index (χ1n) is 5.68. The van der Waals surface area contributed by atoms with Crippen molar-refractivity contribution in [1.82, 2.24) is 9.88 Å². The first-order valence-corrected chi connectivity index (χ1v) is 7.34. The standard InChI is InChI=1S/C12H15N3O3S/c1-9-5-12(15-18-9)8-19(16,17)14-7-10-3-2-4-11(13)6-10/h2-6,14H,7-8,13H2,1H3. The van der Waals surface area contributed by atoms with Gasteiger partial charge in [-0.15, -0.1) is 0 Å². The summed E-state index contributed by atoms with van der Waals surface area (Å²) in [6.45, 7) is 1.91. The molecule has 0 aliphatic carbocycles. The first kappa shape index (κ1) is 13.6. The predicted octanol–water partition coefficient (Wildman–Crippen LogP) is 1.18. The highest BCUT2D eigenvalue weighted by Gasteiger charge is 2.14. The van der Waals surface area contributed by atoms with Gasteiger partial charge in [0.2, 0.25) is 10.0 Å². The number of nitrogens with two attached hydrogens (primary N) is 1. The maximum atomic E-state index is 11.8. The lowest BCUT2D eigenvalue weighted by molar-refractivity contribution is 0.392. The van der Waals surface area contributed by atoms with Crippen LogP contribution in [-0.2, 0) is 22.3 Å². The van der Waals surface area contributed by atoms with Crippen molar-refractivity contribution in [2.45, 2.75) is 19.2 Å². The van der Waals surface area contributed by atoms with E-state index >= 15 is 0 Å². The molecule has 0 bridgehead atoms. The number of sulfonamides is 1. The molecule has 3 N–H and O–H groups in total. The van der Waals surface area contributed by atoms with E-state index in [9.17, 15) is 8.42 Å². The number of rotatable bonds is 5. The molecule has 0 saturated carbocycles. The van der Waals surface area contributed by atoms with Crippen LogP contribution in [-0.4, -0.2) is 13.6 Å². The Morgan fingerprint density at radius 2 is 2.16 bits per heavy atom. The molecule has 2 rings (SSSR count). The predicted molar refractivity (Wildman–Crippen MR) is 71.6 cm³/mol. The van der Waals surface area contributed by atoms with Crippen LogP contribution in [0.15, 0.2) is 34.9 Å². The molecule has 7 heteroatoms. The van der Waals surface area contributed by atoms with Crippen molar-refractivity contribution in [3.8, 4) is 0 Å². The monoisotopic (exact) mass is 281 g/mol. The number of benzene rings is 1. The van der Waals surface area contributed by atoms with Crippen LogP contribution >= 0.6 is 0 Å². The van der Waals surface area contributed by atoms with Gasteiger partial charge in [-0.1, -0.05) is 17.3 Å². The number of hydrogen-bond acceptors (Lipinski definition) is 5. The zero-order valence-electron chi connectivity index (χ0n) is 10.5. The zero-order chi connectivity index (χ0) is 13.9. The van der Waals surface area contributed by atoms with Crippen molar-refractivity contribution in [3.05, 3.63) is 47.3 Å². The maximum Gasteiger partial charge on any atom is 0.217 e. The highest BCUT2D eigenvalue weighted by Crippen LogP contribution is 2.09. The molecule has 102 valence electrons. The van der Waals surface area contributed by atoms with Crippen molar-refractivity contribution >= 4 is 15.7 Å². The Labute approximate surface area is 111 Å². The molecule has 1 aromatic heterocycles. The summed E-state index contributed by atoms with van der Waals surface area (Å²) in [4.78, 5) is 0. The molecule has 0 spiro atoms. The summed E-state index contributed by atoms with van der Waals surface area (Å²) in [5.74, 6) is 0.383. The minimum Gasteiger partial charge on any atom is -0.399 e. The van der Waals surface area contributed by atoms with Crippen LogP contribution in [0.5, 0.6) is 0 Å². The van der Waals surface area contributed by atoms with E-state index in [4.69, 9.17) is 10.3 Å². The molecule has 0 radical (unpaired) electrons. The van der Waals surface area contributed by atoms with Crippen molar-refractivity contribution in [2.75, 3.05) is 5.73 Å². The Balaban J connectivity index is 1.98. The second-order valence-corrected chi connectivity index (χ2v) is 6.06. The molecule has 2 aromatic rings. The quantitative estimate of drug-likeness (QED) is 0.802. The molecule has 19 heavy (non-hydrogen) atoms. The second-order valence-electron chi connectivity index (χ2n) is 4.25. The van der Waals surface area contributed by atoms with Crippen LogP contribution in [0.3, 0.4) is 0 Å². The van der Waals surface area contributed by atoms with E-state index in [0.717, 1.165) is 5.56 Å². The molecule has 0 saturated heterocycles. The largest absolute Gasteiger partial charge is 0.399 e. The number of aryl methyl sites for hydroxylation is 1. The van der Waals surface area contributed by atoms with E-state index in [1.807, 2.05) is 0 Å². The van der Waals surface area contributed by atoms with Gasteiger partial charge in [0.25, 0.3) is 0 Å². The van der Waals surface area contributed by atoms with Crippen LogP contribution in [0.1, 0.15) is 17.0 Å². The lowest BCUT2D eigenvalue weighted by Gasteiger charge is -2.05. The van der Waals surface area contributed by atoms with Crippen molar-refractivity contribution < 1.29 is 12.9 Å². The van der Waals surface area contributed by atoms with Crippen molar-refractivity contribution in [3.63, 3.8) is 0 Å². The van der Waals surface area contributed by atoms with Gasteiger partial charge in [0, 0.05) is 18.3 Å². The number of nitrogens with one attached hydrogen (secondary N) is 1. The van der Waals surface area contributed by atoms with Crippen LogP contribution < -0.4 is 10.5 Å². The highest BCUT2D eigenvalue weighted by molar-refractivity contribution is 7.88. The number of nitrogens with zero attached hydrogens (tertiary/aromatic N) is 1. The molecule has 0 amide bonds. The first-order chi connectivity index (χ1) is 8.94. The summed E-state index contributed by atoms with van der Waals surface area (Å²) in [7, 11) is -3.45. The fraction of sp³-hybridized carbons (Fsp3) is 0.250. The minimum absolute atomic E-state index is 0.199. The van der Waals surface area contributed by atoms with Gasteiger partial charge >= 0.3 is 0 Å². The van der Waals surface area contributed by atoms with Gasteiger partial charge in [-0.25, -0.2) is 13.1 Å². The molecule has 0 fully saturated rings. The third-order valence-corrected chi connectivity index (χ3v) is 3.72. The Hall–Kier alpha value is -1.86.